The van der Waals surface area contributed by atoms with Crippen molar-refractivity contribution in [3.63, 3.8) is 0 Å². The molecular weight excluding hydrogens is 506 g/mol. The summed E-state index contributed by atoms with van der Waals surface area (Å²) in [6.45, 7) is 2.48. The first kappa shape index (κ1) is 27.1. The number of likely N-dealkylation sites (N-methyl/N-ethyl adjacent to an activating group) is 1. The molecule has 0 spiro atoms. The number of carbonyl (C=O) groups excluding carboxylic acids is 2. The number of thioether (sulfide) groups is 1. The monoisotopic (exact) mass is 532 g/mol. The van der Waals surface area contributed by atoms with Crippen LogP contribution in [0.25, 0.3) is 0 Å². The van der Waals surface area contributed by atoms with Gasteiger partial charge in [0.2, 0.25) is 11.8 Å². The van der Waals surface area contributed by atoms with Crippen molar-refractivity contribution in [2.45, 2.75) is 31.7 Å². The van der Waals surface area contributed by atoms with Crippen molar-refractivity contribution in [3.05, 3.63) is 105 Å². The number of rotatable bonds is 11. The third-order valence-electron chi connectivity index (χ3n) is 5.39. The Kier molecular flexibility index (Phi) is 10.5. The summed E-state index contributed by atoms with van der Waals surface area (Å²) < 4.78 is 13.5. The lowest BCUT2D eigenvalue weighted by Crippen LogP contribution is -2.51. The van der Waals surface area contributed by atoms with Crippen LogP contribution in [0.1, 0.15) is 23.6 Å². The normalized spacial score (nSPS) is 11.7. The molecule has 3 aromatic rings. The summed E-state index contributed by atoms with van der Waals surface area (Å²) in [5.41, 5.74) is 2.57. The van der Waals surface area contributed by atoms with Crippen molar-refractivity contribution in [2.75, 3.05) is 12.3 Å². The Bertz CT molecular complexity index is 1130. The minimum absolute atomic E-state index is 0.158. The number of nitrogens with one attached hydrogen (secondary N) is 1. The van der Waals surface area contributed by atoms with Gasteiger partial charge >= 0.3 is 0 Å². The second-order valence-electron chi connectivity index (χ2n) is 7.98. The van der Waals surface area contributed by atoms with Crippen molar-refractivity contribution in [3.8, 4) is 0 Å². The van der Waals surface area contributed by atoms with Gasteiger partial charge in [0, 0.05) is 35.3 Å². The fourth-order valence-electron chi connectivity index (χ4n) is 3.60. The van der Waals surface area contributed by atoms with E-state index in [1.807, 2.05) is 43.3 Å². The lowest BCUT2D eigenvalue weighted by atomic mass is 10.0. The summed E-state index contributed by atoms with van der Waals surface area (Å²) in [7, 11) is 0. The largest absolute Gasteiger partial charge is 0.355 e. The molecule has 0 aliphatic carbocycles. The molecular formula is C27H27Cl2FN2O2S. The summed E-state index contributed by atoms with van der Waals surface area (Å²) in [5.74, 6) is -0.0812. The fourth-order valence-corrected chi connectivity index (χ4v) is 5.07. The van der Waals surface area contributed by atoms with Crippen LogP contribution in [0.4, 0.5) is 4.39 Å². The highest BCUT2D eigenvalue weighted by Gasteiger charge is 2.30. The molecule has 2 amide bonds. The number of halogens is 3. The average molecular weight is 533 g/mol. The molecule has 184 valence electrons. The predicted octanol–water partition coefficient (Wildman–Crippen LogP) is 6.14. The standard InChI is InChI=1S/C27H27Cl2FN2O2S/c1-2-31-27(34)25(14-19-6-4-3-5-7-19)32(16-20-8-12-23(30)13-9-20)26(33)18-35-17-21-10-11-22(28)15-24(21)29/h3-13,15,25H,2,14,16-18H2,1H3,(H,31,34)/t25-/m1/s1. The van der Waals surface area contributed by atoms with E-state index >= 15 is 0 Å². The van der Waals surface area contributed by atoms with Crippen LogP contribution >= 0.6 is 35.0 Å². The molecule has 0 heterocycles. The molecule has 3 aromatic carbocycles. The first-order valence-electron chi connectivity index (χ1n) is 11.2. The molecule has 0 aliphatic heterocycles. The topological polar surface area (TPSA) is 49.4 Å². The summed E-state index contributed by atoms with van der Waals surface area (Å²) in [5, 5.41) is 3.96. The van der Waals surface area contributed by atoms with Crippen molar-refractivity contribution in [2.24, 2.45) is 0 Å². The van der Waals surface area contributed by atoms with Crippen molar-refractivity contribution < 1.29 is 14.0 Å². The molecule has 1 N–H and O–H groups in total. The quantitative estimate of drug-likeness (QED) is 0.322. The molecule has 0 saturated carbocycles. The van der Waals surface area contributed by atoms with E-state index in [4.69, 9.17) is 23.2 Å². The van der Waals surface area contributed by atoms with Gasteiger partial charge in [-0.25, -0.2) is 4.39 Å². The van der Waals surface area contributed by atoms with Crippen LogP contribution in [-0.4, -0.2) is 35.1 Å². The Morgan fingerprint density at radius 2 is 1.71 bits per heavy atom. The molecule has 4 nitrogen and oxygen atoms in total. The van der Waals surface area contributed by atoms with Crippen LogP contribution in [-0.2, 0) is 28.3 Å². The van der Waals surface area contributed by atoms with Gasteiger partial charge in [0.15, 0.2) is 0 Å². The van der Waals surface area contributed by atoms with E-state index in [1.54, 1.807) is 29.2 Å². The number of nitrogens with zero attached hydrogens (tertiary/aromatic N) is 1. The maximum Gasteiger partial charge on any atom is 0.243 e. The summed E-state index contributed by atoms with van der Waals surface area (Å²) in [6.07, 6.45) is 0.368. The second-order valence-corrected chi connectivity index (χ2v) is 9.81. The first-order valence-corrected chi connectivity index (χ1v) is 13.2. The Morgan fingerprint density at radius 3 is 2.37 bits per heavy atom. The number of amides is 2. The van der Waals surface area contributed by atoms with Crippen LogP contribution in [0.2, 0.25) is 10.0 Å². The summed E-state index contributed by atoms with van der Waals surface area (Å²) >= 11 is 13.7. The van der Waals surface area contributed by atoms with E-state index in [9.17, 15) is 14.0 Å². The molecule has 0 bridgehead atoms. The van der Waals surface area contributed by atoms with Crippen LogP contribution in [0.3, 0.4) is 0 Å². The summed E-state index contributed by atoms with van der Waals surface area (Å²) in [6, 6.07) is 20.1. The second kappa shape index (κ2) is 13.5. The van der Waals surface area contributed by atoms with Gasteiger partial charge in [0.05, 0.1) is 5.75 Å². The Hall–Kier alpha value is -2.54. The fraction of sp³-hybridized carbons (Fsp3) is 0.259. The SMILES string of the molecule is CCNC(=O)[C@@H](Cc1ccccc1)N(Cc1ccc(F)cc1)C(=O)CSCc1ccc(Cl)cc1Cl. The minimum Gasteiger partial charge on any atom is -0.355 e. The molecule has 0 aromatic heterocycles. The van der Waals surface area contributed by atoms with Gasteiger partial charge in [0.25, 0.3) is 0 Å². The molecule has 8 heteroatoms. The third-order valence-corrected chi connectivity index (χ3v) is 6.94. The molecule has 35 heavy (non-hydrogen) atoms. The number of benzene rings is 3. The summed E-state index contributed by atoms with van der Waals surface area (Å²) in [4.78, 5) is 28.2. The highest BCUT2D eigenvalue weighted by atomic mass is 35.5. The van der Waals surface area contributed by atoms with Gasteiger partial charge in [-0.15, -0.1) is 11.8 Å². The first-order chi connectivity index (χ1) is 16.9. The van der Waals surface area contributed by atoms with Crippen LogP contribution in [0.5, 0.6) is 0 Å². The van der Waals surface area contributed by atoms with Crippen LogP contribution in [0, 0.1) is 5.82 Å². The van der Waals surface area contributed by atoms with E-state index in [2.05, 4.69) is 5.32 Å². The molecule has 0 radical (unpaired) electrons. The Labute approximate surface area is 219 Å². The maximum absolute atomic E-state index is 13.5. The highest BCUT2D eigenvalue weighted by Crippen LogP contribution is 2.25. The van der Waals surface area contributed by atoms with Crippen molar-refractivity contribution in [1.29, 1.82) is 0 Å². The lowest BCUT2D eigenvalue weighted by Gasteiger charge is -2.31. The third kappa shape index (κ3) is 8.27. The zero-order valence-electron chi connectivity index (χ0n) is 19.3. The van der Waals surface area contributed by atoms with E-state index in [1.165, 1.54) is 23.9 Å². The van der Waals surface area contributed by atoms with Gasteiger partial charge in [-0.2, -0.15) is 0 Å². The van der Waals surface area contributed by atoms with Crippen molar-refractivity contribution in [1.82, 2.24) is 10.2 Å². The Balaban J connectivity index is 1.82. The average Bonchev–Trinajstić information content (AvgIpc) is 2.84. The zero-order valence-corrected chi connectivity index (χ0v) is 21.7. The van der Waals surface area contributed by atoms with Gasteiger partial charge in [-0.3, -0.25) is 9.59 Å². The zero-order chi connectivity index (χ0) is 25.2. The number of hydrogen-bond donors (Lipinski definition) is 1. The van der Waals surface area contributed by atoms with Crippen LogP contribution in [0.15, 0.2) is 72.8 Å². The minimum atomic E-state index is -0.713. The van der Waals surface area contributed by atoms with E-state index < -0.39 is 6.04 Å². The van der Waals surface area contributed by atoms with Gasteiger partial charge < -0.3 is 10.2 Å². The molecule has 0 unspecified atom stereocenters. The lowest BCUT2D eigenvalue weighted by molar-refractivity contribution is -0.139. The Morgan fingerprint density at radius 1 is 1.00 bits per heavy atom. The van der Waals surface area contributed by atoms with Crippen LogP contribution < -0.4 is 5.32 Å². The van der Waals surface area contributed by atoms with Gasteiger partial charge in [-0.1, -0.05) is 71.7 Å². The molecule has 0 saturated heterocycles. The van der Waals surface area contributed by atoms with E-state index in [-0.39, 0.29) is 29.9 Å². The number of carbonyl (C=O) groups is 2. The van der Waals surface area contributed by atoms with Crippen molar-refractivity contribution >= 4 is 46.8 Å². The molecule has 0 fully saturated rings. The maximum atomic E-state index is 13.5. The van der Waals surface area contributed by atoms with Gasteiger partial charge in [-0.05, 0) is 47.9 Å². The van der Waals surface area contributed by atoms with E-state index in [0.717, 1.165) is 16.7 Å². The molecule has 1 atom stereocenters. The highest BCUT2D eigenvalue weighted by molar-refractivity contribution is 7.99. The number of hydrogen-bond acceptors (Lipinski definition) is 3. The smallest absolute Gasteiger partial charge is 0.243 e. The van der Waals surface area contributed by atoms with Gasteiger partial charge in [0.1, 0.15) is 11.9 Å². The van der Waals surface area contributed by atoms with E-state index in [0.29, 0.717) is 28.8 Å². The molecule has 3 rings (SSSR count). The molecule has 0 aliphatic rings. The predicted molar refractivity (Wildman–Crippen MR) is 142 cm³/mol.